The zero-order chi connectivity index (χ0) is 16.4. The maximum absolute atomic E-state index is 12.5. The van der Waals surface area contributed by atoms with Gasteiger partial charge in [0.15, 0.2) is 6.04 Å². The number of thiophene rings is 1. The highest BCUT2D eigenvalue weighted by atomic mass is 32.1. The first-order valence-electron chi connectivity index (χ1n) is 6.85. The summed E-state index contributed by atoms with van der Waals surface area (Å²) in [5.41, 5.74) is 1.52. The number of amides is 1. The Bertz CT molecular complexity index is 891. The van der Waals surface area contributed by atoms with Gasteiger partial charge in [0, 0.05) is 5.39 Å². The average molecular weight is 327 g/mol. The second kappa shape index (κ2) is 6.13. The fourth-order valence-corrected chi connectivity index (χ4v) is 3.09. The van der Waals surface area contributed by atoms with Gasteiger partial charge in [-0.1, -0.05) is 24.3 Å². The molecule has 23 heavy (non-hydrogen) atoms. The molecule has 6 nitrogen and oxygen atoms in total. The predicted molar refractivity (Wildman–Crippen MR) is 86.4 cm³/mol. The Morgan fingerprint density at radius 1 is 1.22 bits per heavy atom. The van der Waals surface area contributed by atoms with Crippen LogP contribution >= 0.6 is 11.3 Å². The van der Waals surface area contributed by atoms with Gasteiger partial charge in [-0.2, -0.15) is 0 Å². The van der Waals surface area contributed by atoms with Crippen molar-refractivity contribution in [3.63, 3.8) is 0 Å². The van der Waals surface area contributed by atoms with Gasteiger partial charge in [0.25, 0.3) is 5.91 Å². The van der Waals surface area contributed by atoms with Gasteiger partial charge in [0.2, 0.25) is 0 Å². The number of carbonyl (C=O) groups is 2. The number of hydrogen-bond acceptors (Lipinski definition) is 5. The van der Waals surface area contributed by atoms with Crippen LogP contribution in [0.15, 0.2) is 42.0 Å². The van der Waals surface area contributed by atoms with Crippen LogP contribution in [0.5, 0.6) is 0 Å². The molecular formula is C16H13N3O3S. The number of aromatic nitrogens is 2. The highest BCUT2D eigenvalue weighted by Crippen LogP contribution is 2.22. The minimum Gasteiger partial charge on any atom is -0.479 e. The normalized spacial score (nSPS) is 12.0. The van der Waals surface area contributed by atoms with Crippen molar-refractivity contribution in [3.8, 4) is 0 Å². The molecule has 3 rings (SSSR count). The van der Waals surface area contributed by atoms with Crippen LogP contribution in [0, 0.1) is 6.92 Å². The van der Waals surface area contributed by atoms with Gasteiger partial charge in [0.05, 0.1) is 0 Å². The average Bonchev–Trinajstić information content (AvgIpc) is 3.01. The highest BCUT2D eigenvalue weighted by Gasteiger charge is 2.25. The fourth-order valence-electron chi connectivity index (χ4n) is 2.35. The van der Waals surface area contributed by atoms with Crippen molar-refractivity contribution in [2.75, 3.05) is 0 Å². The highest BCUT2D eigenvalue weighted by molar-refractivity contribution is 7.16. The number of benzene rings is 1. The van der Waals surface area contributed by atoms with E-state index in [4.69, 9.17) is 0 Å². The van der Waals surface area contributed by atoms with Crippen LogP contribution in [0.4, 0.5) is 0 Å². The molecule has 0 fully saturated rings. The molecule has 3 aromatic rings. The van der Waals surface area contributed by atoms with Gasteiger partial charge < -0.3 is 10.4 Å². The zero-order valence-corrected chi connectivity index (χ0v) is 13.0. The molecule has 0 aliphatic rings. The maximum Gasteiger partial charge on any atom is 0.330 e. The fraction of sp³-hybridized carbons (Fsp3) is 0.125. The Morgan fingerprint density at radius 2 is 2.00 bits per heavy atom. The molecule has 7 heteroatoms. The van der Waals surface area contributed by atoms with Crippen LogP contribution in [0.1, 0.15) is 27.7 Å². The number of aliphatic carboxylic acids is 1. The number of carbonyl (C=O) groups excluding carboxylic acids is 1. The van der Waals surface area contributed by atoms with Crippen molar-refractivity contribution in [1.29, 1.82) is 0 Å². The van der Waals surface area contributed by atoms with E-state index in [1.54, 1.807) is 31.2 Å². The SMILES string of the molecule is Cc1ccccc1C(NC(=O)c1ncnc2sccc12)C(=O)O. The largest absolute Gasteiger partial charge is 0.479 e. The Labute approximate surface area is 135 Å². The molecular weight excluding hydrogens is 314 g/mol. The molecule has 0 saturated carbocycles. The third kappa shape index (κ3) is 2.91. The first kappa shape index (κ1) is 15.1. The number of hydrogen-bond donors (Lipinski definition) is 2. The molecule has 2 heterocycles. The van der Waals surface area contributed by atoms with Gasteiger partial charge in [-0.05, 0) is 29.5 Å². The van der Waals surface area contributed by atoms with E-state index in [9.17, 15) is 14.7 Å². The molecule has 1 amide bonds. The van der Waals surface area contributed by atoms with Crippen LogP contribution in [0.3, 0.4) is 0 Å². The lowest BCUT2D eigenvalue weighted by atomic mass is 10.0. The number of aryl methyl sites for hydroxylation is 1. The van der Waals surface area contributed by atoms with Crippen LogP contribution in [-0.4, -0.2) is 27.0 Å². The minimum absolute atomic E-state index is 0.177. The first-order chi connectivity index (χ1) is 11.1. The van der Waals surface area contributed by atoms with Gasteiger partial charge in [-0.3, -0.25) is 4.79 Å². The molecule has 1 aromatic carbocycles. The molecule has 0 aliphatic heterocycles. The summed E-state index contributed by atoms with van der Waals surface area (Å²) in [7, 11) is 0. The van der Waals surface area contributed by atoms with Crippen molar-refractivity contribution in [2.24, 2.45) is 0 Å². The standard InChI is InChI=1S/C16H13N3O3S/c1-9-4-2-3-5-10(9)13(16(21)22)19-14(20)12-11-6-7-23-15(11)18-8-17-12/h2-8,13H,1H3,(H,19,20)(H,21,22). The Hall–Kier alpha value is -2.80. The maximum atomic E-state index is 12.5. The molecule has 0 radical (unpaired) electrons. The number of carboxylic acid groups (broad SMARTS) is 1. The van der Waals surface area contributed by atoms with E-state index in [0.717, 1.165) is 5.56 Å². The third-order valence-corrected chi connectivity index (χ3v) is 4.32. The molecule has 2 aromatic heterocycles. The lowest BCUT2D eigenvalue weighted by Crippen LogP contribution is -2.34. The molecule has 0 aliphatic carbocycles. The van der Waals surface area contributed by atoms with Crippen molar-refractivity contribution in [1.82, 2.24) is 15.3 Å². The summed E-state index contributed by atoms with van der Waals surface area (Å²) in [6.45, 7) is 1.80. The monoisotopic (exact) mass is 327 g/mol. The molecule has 0 spiro atoms. The Kier molecular flexibility index (Phi) is 4.03. The summed E-state index contributed by atoms with van der Waals surface area (Å²) in [4.78, 5) is 32.9. The van der Waals surface area contributed by atoms with E-state index in [1.807, 2.05) is 11.4 Å². The zero-order valence-electron chi connectivity index (χ0n) is 12.2. The van der Waals surface area contributed by atoms with Gasteiger partial charge in [0.1, 0.15) is 16.9 Å². The van der Waals surface area contributed by atoms with E-state index in [0.29, 0.717) is 15.8 Å². The second-order valence-electron chi connectivity index (χ2n) is 4.96. The lowest BCUT2D eigenvalue weighted by molar-refractivity contribution is -0.139. The second-order valence-corrected chi connectivity index (χ2v) is 5.86. The van der Waals surface area contributed by atoms with Crippen molar-refractivity contribution < 1.29 is 14.7 Å². The smallest absolute Gasteiger partial charge is 0.330 e. The molecule has 2 N–H and O–H groups in total. The van der Waals surface area contributed by atoms with Crippen molar-refractivity contribution in [2.45, 2.75) is 13.0 Å². The molecule has 1 atom stereocenters. The van der Waals surface area contributed by atoms with Crippen LogP contribution in [-0.2, 0) is 4.79 Å². The van der Waals surface area contributed by atoms with E-state index < -0.39 is 17.9 Å². The van der Waals surface area contributed by atoms with E-state index in [1.165, 1.54) is 17.7 Å². The van der Waals surface area contributed by atoms with Crippen molar-refractivity contribution >= 4 is 33.4 Å². The molecule has 116 valence electrons. The topological polar surface area (TPSA) is 92.2 Å². The van der Waals surface area contributed by atoms with Crippen LogP contribution < -0.4 is 5.32 Å². The Morgan fingerprint density at radius 3 is 2.74 bits per heavy atom. The lowest BCUT2D eigenvalue weighted by Gasteiger charge is -2.16. The first-order valence-corrected chi connectivity index (χ1v) is 7.73. The number of carboxylic acids is 1. The van der Waals surface area contributed by atoms with Crippen LogP contribution in [0.25, 0.3) is 10.2 Å². The van der Waals surface area contributed by atoms with E-state index in [2.05, 4.69) is 15.3 Å². The Balaban J connectivity index is 1.95. The van der Waals surface area contributed by atoms with Gasteiger partial charge in [-0.15, -0.1) is 11.3 Å². The quantitative estimate of drug-likeness (QED) is 0.768. The van der Waals surface area contributed by atoms with Gasteiger partial charge in [-0.25, -0.2) is 14.8 Å². The van der Waals surface area contributed by atoms with Gasteiger partial charge >= 0.3 is 5.97 Å². The van der Waals surface area contributed by atoms with Crippen LogP contribution in [0.2, 0.25) is 0 Å². The number of rotatable bonds is 4. The van der Waals surface area contributed by atoms with E-state index in [-0.39, 0.29) is 5.69 Å². The minimum atomic E-state index is -1.13. The number of nitrogens with one attached hydrogen (secondary N) is 1. The molecule has 0 saturated heterocycles. The summed E-state index contributed by atoms with van der Waals surface area (Å²) < 4.78 is 0. The summed E-state index contributed by atoms with van der Waals surface area (Å²) >= 11 is 1.40. The summed E-state index contributed by atoms with van der Waals surface area (Å²) in [5, 5.41) is 14.4. The summed E-state index contributed by atoms with van der Waals surface area (Å²) in [6, 6.07) is 7.67. The predicted octanol–water partition coefficient (Wildman–Crippen LogP) is 2.56. The van der Waals surface area contributed by atoms with E-state index >= 15 is 0 Å². The molecule has 1 unspecified atom stereocenters. The summed E-state index contributed by atoms with van der Waals surface area (Å²) in [5.74, 6) is -1.66. The number of fused-ring (bicyclic) bond motifs is 1. The molecule has 0 bridgehead atoms. The summed E-state index contributed by atoms with van der Waals surface area (Å²) in [6.07, 6.45) is 1.30. The third-order valence-electron chi connectivity index (χ3n) is 3.50. The number of nitrogens with zero attached hydrogens (tertiary/aromatic N) is 2. The van der Waals surface area contributed by atoms with Crippen molar-refractivity contribution in [3.05, 3.63) is 58.9 Å².